The molecule has 0 saturated heterocycles. The lowest BCUT2D eigenvalue weighted by Gasteiger charge is -2.20. The number of hydrogen-bond donors (Lipinski definition) is 0. The fraction of sp³-hybridized carbons (Fsp3) is 0.150. The van der Waals surface area contributed by atoms with E-state index < -0.39 is 0 Å². The van der Waals surface area contributed by atoms with Gasteiger partial charge >= 0.3 is 0 Å². The number of benzene rings is 3. The maximum Gasteiger partial charge on any atom is 0.258 e. The van der Waals surface area contributed by atoms with Crippen LogP contribution < -0.4 is 4.90 Å². The van der Waals surface area contributed by atoms with Crippen LogP contribution in [0.2, 0.25) is 0 Å². The average Bonchev–Trinajstić information content (AvgIpc) is 2.99. The molecular formula is C20H17NO. The normalized spacial score (nSPS) is 13.4. The molecule has 3 aromatic carbocycles. The van der Waals surface area contributed by atoms with Gasteiger partial charge in [-0.05, 0) is 41.3 Å². The number of carbonyl (C=O) groups is 1. The van der Waals surface area contributed by atoms with Gasteiger partial charge in [0.15, 0.2) is 0 Å². The predicted molar refractivity (Wildman–Crippen MR) is 90.5 cm³/mol. The molecule has 0 atom stereocenters. The second-order valence-electron chi connectivity index (χ2n) is 5.82. The summed E-state index contributed by atoms with van der Waals surface area (Å²) in [4.78, 5) is 15.0. The Morgan fingerprint density at radius 2 is 1.73 bits per heavy atom. The summed E-state index contributed by atoms with van der Waals surface area (Å²) in [6.45, 7) is 2.84. The minimum absolute atomic E-state index is 0.102. The molecule has 0 saturated carbocycles. The molecule has 0 aromatic heterocycles. The molecule has 0 unspecified atom stereocenters. The first kappa shape index (κ1) is 13.1. The molecule has 3 aromatic rings. The Morgan fingerprint density at radius 3 is 2.64 bits per heavy atom. The number of aryl methyl sites for hydroxylation is 1. The fourth-order valence-electron chi connectivity index (χ4n) is 3.41. The van der Waals surface area contributed by atoms with Crippen molar-refractivity contribution in [1.82, 2.24) is 0 Å². The molecule has 1 heterocycles. The highest BCUT2D eigenvalue weighted by molar-refractivity contribution is 6.15. The van der Waals surface area contributed by atoms with E-state index in [4.69, 9.17) is 0 Å². The Kier molecular flexibility index (Phi) is 2.97. The molecule has 108 valence electrons. The number of amides is 1. The molecule has 0 radical (unpaired) electrons. The van der Waals surface area contributed by atoms with Crippen LogP contribution in [-0.4, -0.2) is 12.5 Å². The third-order valence-electron chi connectivity index (χ3n) is 4.46. The predicted octanol–water partition coefficient (Wildman–Crippen LogP) is 4.35. The van der Waals surface area contributed by atoms with Crippen molar-refractivity contribution >= 4 is 22.4 Å². The SMILES string of the molecule is Cc1cccc2c1N(C(=O)c1cccc3ccccc13)CC2. The number of anilines is 1. The summed E-state index contributed by atoms with van der Waals surface area (Å²) in [5.41, 5.74) is 4.33. The number of para-hydroxylation sites is 1. The average molecular weight is 287 g/mol. The number of nitrogens with zero attached hydrogens (tertiary/aromatic N) is 1. The van der Waals surface area contributed by atoms with Crippen molar-refractivity contribution in [2.45, 2.75) is 13.3 Å². The van der Waals surface area contributed by atoms with Crippen molar-refractivity contribution in [1.29, 1.82) is 0 Å². The zero-order valence-corrected chi connectivity index (χ0v) is 12.5. The molecule has 0 bridgehead atoms. The summed E-state index contributed by atoms with van der Waals surface area (Å²) in [6.07, 6.45) is 0.938. The lowest BCUT2D eigenvalue weighted by atomic mass is 10.0. The van der Waals surface area contributed by atoms with Gasteiger partial charge < -0.3 is 4.90 Å². The highest BCUT2D eigenvalue weighted by Crippen LogP contribution is 2.33. The molecule has 0 aliphatic carbocycles. The Balaban J connectivity index is 1.84. The highest BCUT2D eigenvalue weighted by atomic mass is 16.2. The fourth-order valence-corrected chi connectivity index (χ4v) is 3.41. The van der Waals surface area contributed by atoms with Gasteiger partial charge in [-0.2, -0.15) is 0 Å². The van der Waals surface area contributed by atoms with Gasteiger partial charge in [-0.15, -0.1) is 0 Å². The first-order chi connectivity index (χ1) is 10.8. The lowest BCUT2D eigenvalue weighted by molar-refractivity contribution is 0.0991. The molecule has 0 fully saturated rings. The van der Waals surface area contributed by atoms with E-state index in [1.165, 1.54) is 11.1 Å². The molecule has 4 rings (SSSR count). The molecule has 0 spiro atoms. The number of rotatable bonds is 1. The van der Waals surface area contributed by atoms with E-state index in [9.17, 15) is 4.79 Å². The van der Waals surface area contributed by atoms with Gasteiger partial charge in [0.05, 0.1) is 5.69 Å². The van der Waals surface area contributed by atoms with Crippen molar-refractivity contribution < 1.29 is 4.79 Å². The maximum absolute atomic E-state index is 13.1. The van der Waals surface area contributed by atoms with Gasteiger partial charge in [0.25, 0.3) is 5.91 Å². The Bertz CT molecular complexity index is 877. The third kappa shape index (κ3) is 1.92. The van der Waals surface area contributed by atoms with Crippen LogP contribution in [0.25, 0.3) is 10.8 Å². The lowest BCUT2D eigenvalue weighted by Crippen LogP contribution is -2.29. The summed E-state index contributed by atoms with van der Waals surface area (Å²) in [6, 6.07) is 20.3. The first-order valence-corrected chi connectivity index (χ1v) is 7.64. The Labute approximate surface area is 130 Å². The van der Waals surface area contributed by atoms with Gasteiger partial charge in [-0.3, -0.25) is 4.79 Å². The topological polar surface area (TPSA) is 20.3 Å². The van der Waals surface area contributed by atoms with E-state index in [2.05, 4.69) is 37.3 Å². The van der Waals surface area contributed by atoms with Crippen molar-refractivity contribution in [2.24, 2.45) is 0 Å². The monoisotopic (exact) mass is 287 g/mol. The van der Waals surface area contributed by atoms with Crippen molar-refractivity contribution in [2.75, 3.05) is 11.4 Å². The van der Waals surface area contributed by atoms with Crippen molar-refractivity contribution in [3.8, 4) is 0 Å². The molecule has 22 heavy (non-hydrogen) atoms. The van der Waals surface area contributed by atoms with Crippen LogP contribution in [0.4, 0.5) is 5.69 Å². The number of fused-ring (bicyclic) bond motifs is 2. The first-order valence-electron chi connectivity index (χ1n) is 7.64. The summed E-state index contributed by atoms with van der Waals surface area (Å²) in [5.74, 6) is 0.102. The second-order valence-corrected chi connectivity index (χ2v) is 5.82. The van der Waals surface area contributed by atoms with Crippen LogP contribution in [0, 0.1) is 6.92 Å². The van der Waals surface area contributed by atoms with E-state index in [0.717, 1.165) is 35.0 Å². The van der Waals surface area contributed by atoms with Crippen LogP contribution in [0.1, 0.15) is 21.5 Å². The molecular weight excluding hydrogens is 270 g/mol. The smallest absolute Gasteiger partial charge is 0.258 e. The zero-order chi connectivity index (χ0) is 15.1. The van der Waals surface area contributed by atoms with E-state index in [1.54, 1.807) is 0 Å². The van der Waals surface area contributed by atoms with Crippen LogP contribution in [0.3, 0.4) is 0 Å². The summed E-state index contributed by atoms with van der Waals surface area (Å²) < 4.78 is 0. The summed E-state index contributed by atoms with van der Waals surface area (Å²) in [5, 5.41) is 2.13. The van der Waals surface area contributed by atoms with E-state index >= 15 is 0 Å². The number of carbonyl (C=O) groups excluding carboxylic acids is 1. The second kappa shape index (κ2) is 4.99. The molecule has 0 N–H and O–H groups in total. The quantitative estimate of drug-likeness (QED) is 0.651. The summed E-state index contributed by atoms with van der Waals surface area (Å²) in [7, 11) is 0. The minimum atomic E-state index is 0.102. The zero-order valence-electron chi connectivity index (χ0n) is 12.5. The third-order valence-corrected chi connectivity index (χ3v) is 4.46. The van der Waals surface area contributed by atoms with E-state index in [1.807, 2.05) is 35.2 Å². The molecule has 1 aliphatic heterocycles. The molecule has 2 nitrogen and oxygen atoms in total. The van der Waals surface area contributed by atoms with Gasteiger partial charge in [-0.1, -0.05) is 54.6 Å². The maximum atomic E-state index is 13.1. The summed E-state index contributed by atoms with van der Waals surface area (Å²) >= 11 is 0. The van der Waals surface area contributed by atoms with Gasteiger partial charge in [-0.25, -0.2) is 0 Å². The minimum Gasteiger partial charge on any atom is -0.307 e. The number of hydrogen-bond acceptors (Lipinski definition) is 1. The highest BCUT2D eigenvalue weighted by Gasteiger charge is 2.27. The standard InChI is InChI=1S/C20H17NO/c1-14-6-4-9-16-12-13-21(19(14)16)20(22)18-11-5-8-15-7-2-3-10-17(15)18/h2-11H,12-13H2,1H3. The van der Waals surface area contributed by atoms with Gasteiger partial charge in [0.2, 0.25) is 0 Å². The van der Waals surface area contributed by atoms with Crippen molar-refractivity contribution in [3.05, 3.63) is 77.4 Å². The molecule has 1 aliphatic rings. The van der Waals surface area contributed by atoms with Crippen molar-refractivity contribution in [3.63, 3.8) is 0 Å². The van der Waals surface area contributed by atoms with Gasteiger partial charge in [0.1, 0.15) is 0 Å². The van der Waals surface area contributed by atoms with Crippen LogP contribution >= 0.6 is 0 Å². The van der Waals surface area contributed by atoms with Crippen LogP contribution in [0.5, 0.6) is 0 Å². The molecule has 1 amide bonds. The Morgan fingerprint density at radius 1 is 0.955 bits per heavy atom. The Hall–Kier alpha value is -2.61. The largest absolute Gasteiger partial charge is 0.307 e. The van der Waals surface area contributed by atoms with Crippen LogP contribution in [0.15, 0.2) is 60.7 Å². The van der Waals surface area contributed by atoms with E-state index in [-0.39, 0.29) is 5.91 Å². The van der Waals surface area contributed by atoms with E-state index in [0.29, 0.717) is 0 Å². The molecule has 2 heteroatoms. The van der Waals surface area contributed by atoms with Crippen LogP contribution in [-0.2, 0) is 6.42 Å². The van der Waals surface area contributed by atoms with Gasteiger partial charge in [0, 0.05) is 12.1 Å².